The van der Waals surface area contributed by atoms with E-state index < -0.39 is 0 Å². The van der Waals surface area contributed by atoms with Crippen molar-refractivity contribution in [2.24, 2.45) is 0 Å². The summed E-state index contributed by atoms with van der Waals surface area (Å²) in [6, 6.07) is 8.34. The van der Waals surface area contributed by atoms with Crippen LogP contribution in [-0.2, 0) is 6.42 Å². The topological polar surface area (TPSA) is 17.8 Å². The van der Waals surface area contributed by atoms with Gasteiger partial charge in [0.2, 0.25) is 0 Å². The van der Waals surface area contributed by atoms with E-state index in [4.69, 9.17) is 11.6 Å². The van der Waals surface area contributed by atoms with Crippen LogP contribution < -0.4 is 0 Å². The molecule has 0 spiro atoms. The number of halogens is 1. The molecule has 0 aliphatic heterocycles. The highest BCUT2D eigenvalue weighted by molar-refractivity contribution is 6.17. The average molecular weight is 235 g/mol. The van der Waals surface area contributed by atoms with E-state index >= 15 is 0 Å². The van der Waals surface area contributed by atoms with Crippen LogP contribution in [0.25, 0.3) is 5.69 Å². The summed E-state index contributed by atoms with van der Waals surface area (Å²) in [6.07, 6.45) is 5.97. The van der Waals surface area contributed by atoms with Gasteiger partial charge < -0.3 is 0 Å². The summed E-state index contributed by atoms with van der Waals surface area (Å²) in [7, 11) is 0. The Hall–Kier alpha value is -1.28. The quantitative estimate of drug-likeness (QED) is 0.742. The highest BCUT2D eigenvalue weighted by Crippen LogP contribution is 2.10. The van der Waals surface area contributed by atoms with Crippen molar-refractivity contribution in [2.75, 3.05) is 5.88 Å². The molecule has 2 aromatic rings. The minimum absolute atomic E-state index is 0.704. The van der Waals surface area contributed by atoms with Gasteiger partial charge in [-0.15, -0.1) is 11.6 Å². The zero-order valence-electron chi connectivity index (χ0n) is 9.36. The van der Waals surface area contributed by atoms with Crippen molar-refractivity contribution in [1.29, 1.82) is 0 Å². The van der Waals surface area contributed by atoms with Crippen molar-refractivity contribution < 1.29 is 0 Å². The predicted octanol–water partition coefficient (Wildman–Crippen LogP) is 3.35. The normalized spacial score (nSPS) is 10.6. The summed E-state index contributed by atoms with van der Waals surface area (Å²) in [5.41, 5.74) is 3.60. The Labute approximate surface area is 101 Å². The molecule has 2 rings (SSSR count). The van der Waals surface area contributed by atoms with E-state index in [1.807, 2.05) is 10.9 Å². The maximum atomic E-state index is 5.67. The smallest absolute Gasteiger partial charge is 0.0645 e. The van der Waals surface area contributed by atoms with Crippen molar-refractivity contribution in [3.05, 3.63) is 47.8 Å². The zero-order valence-corrected chi connectivity index (χ0v) is 10.1. The molecule has 0 radical (unpaired) electrons. The van der Waals surface area contributed by atoms with Crippen molar-refractivity contribution in [1.82, 2.24) is 9.78 Å². The molecule has 0 unspecified atom stereocenters. The Bertz CT molecular complexity index is 445. The predicted molar refractivity (Wildman–Crippen MR) is 67.3 cm³/mol. The number of aryl methyl sites for hydroxylation is 2. The maximum Gasteiger partial charge on any atom is 0.0645 e. The van der Waals surface area contributed by atoms with Crippen molar-refractivity contribution in [3.63, 3.8) is 0 Å². The van der Waals surface area contributed by atoms with E-state index in [0.717, 1.165) is 18.5 Å². The van der Waals surface area contributed by atoms with Gasteiger partial charge in [-0.1, -0.05) is 17.7 Å². The Morgan fingerprint density at radius 2 is 2.00 bits per heavy atom. The van der Waals surface area contributed by atoms with Gasteiger partial charge in [0, 0.05) is 12.1 Å². The Morgan fingerprint density at radius 3 is 2.69 bits per heavy atom. The molecule has 0 saturated heterocycles. The van der Waals surface area contributed by atoms with E-state index in [0.29, 0.717) is 5.88 Å². The molecule has 16 heavy (non-hydrogen) atoms. The number of alkyl halides is 1. The molecule has 84 valence electrons. The number of nitrogens with zero attached hydrogens (tertiary/aromatic N) is 2. The third-order valence-electron chi connectivity index (χ3n) is 2.53. The number of hydrogen-bond donors (Lipinski definition) is 0. The fraction of sp³-hybridized carbons (Fsp3) is 0.308. The van der Waals surface area contributed by atoms with Gasteiger partial charge in [-0.3, -0.25) is 0 Å². The fourth-order valence-electron chi connectivity index (χ4n) is 1.60. The highest BCUT2D eigenvalue weighted by Gasteiger charge is 2.00. The summed E-state index contributed by atoms with van der Waals surface area (Å²) in [6.45, 7) is 2.08. The minimum Gasteiger partial charge on any atom is -0.241 e. The number of benzene rings is 1. The van der Waals surface area contributed by atoms with E-state index in [1.54, 1.807) is 0 Å². The maximum absolute atomic E-state index is 5.67. The van der Waals surface area contributed by atoms with E-state index in [1.165, 1.54) is 11.1 Å². The fourth-order valence-corrected chi connectivity index (χ4v) is 1.73. The molecular weight excluding hydrogens is 220 g/mol. The van der Waals surface area contributed by atoms with Gasteiger partial charge in [-0.25, -0.2) is 4.68 Å². The van der Waals surface area contributed by atoms with E-state index in [9.17, 15) is 0 Å². The summed E-state index contributed by atoms with van der Waals surface area (Å²) in [5.74, 6) is 0.704. The van der Waals surface area contributed by atoms with Crippen LogP contribution in [0.4, 0.5) is 0 Å². The monoisotopic (exact) mass is 234 g/mol. The van der Waals surface area contributed by atoms with Crippen LogP contribution in [0, 0.1) is 6.92 Å². The second kappa shape index (κ2) is 5.17. The van der Waals surface area contributed by atoms with Gasteiger partial charge in [-0.05, 0) is 37.5 Å². The summed E-state index contributed by atoms with van der Waals surface area (Å²) in [5, 5.41) is 4.34. The first-order valence-corrected chi connectivity index (χ1v) is 5.99. The summed E-state index contributed by atoms with van der Waals surface area (Å²) >= 11 is 5.67. The van der Waals surface area contributed by atoms with Crippen LogP contribution in [0.5, 0.6) is 0 Å². The Kier molecular flexibility index (Phi) is 3.62. The van der Waals surface area contributed by atoms with Crippen LogP contribution in [0.3, 0.4) is 0 Å². The first-order valence-electron chi connectivity index (χ1n) is 5.46. The zero-order chi connectivity index (χ0) is 11.4. The number of aromatic nitrogens is 2. The SMILES string of the molecule is Cc1ccc(-n2cc(CCCCl)cn2)cc1. The third-order valence-corrected chi connectivity index (χ3v) is 2.80. The van der Waals surface area contributed by atoms with Gasteiger partial charge in [0.05, 0.1) is 11.9 Å². The first kappa shape index (κ1) is 11.2. The van der Waals surface area contributed by atoms with Crippen LogP contribution in [0.1, 0.15) is 17.5 Å². The summed E-state index contributed by atoms with van der Waals surface area (Å²) in [4.78, 5) is 0. The van der Waals surface area contributed by atoms with Crippen LogP contribution in [0.2, 0.25) is 0 Å². The van der Waals surface area contributed by atoms with Gasteiger partial charge in [0.25, 0.3) is 0 Å². The van der Waals surface area contributed by atoms with Crippen molar-refractivity contribution in [3.8, 4) is 5.69 Å². The summed E-state index contributed by atoms with van der Waals surface area (Å²) < 4.78 is 1.91. The van der Waals surface area contributed by atoms with Crippen LogP contribution in [-0.4, -0.2) is 15.7 Å². The molecule has 0 amide bonds. The second-order valence-corrected chi connectivity index (χ2v) is 4.30. The lowest BCUT2D eigenvalue weighted by atomic mass is 10.2. The molecule has 0 atom stereocenters. The number of hydrogen-bond acceptors (Lipinski definition) is 1. The standard InChI is InChI=1S/C13H15ClN2/c1-11-4-6-13(7-5-11)16-10-12(9-15-16)3-2-8-14/h4-7,9-10H,2-3,8H2,1H3. The highest BCUT2D eigenvalue weighted by atomic mass is 35.5. The lowest BCUT2D eigenvalue weighted by molar-refractivity contribution is 0.877. The molecule has 0 saturated carbocycles. The molecule has 0 aliphatic carbocycles. The third kappa shape index (κ3) is 2.64. The molecule has 0 aliphatic rings. The molecule has 0 bridgehead atoms. The van der Waals surface area contributed by atoms with E-state index in [-0.39, 0.29) is 0 Å². The minimum atomic E-state index is 0.704. The van der Waals surface area contributed by atoms with Gasteiger partial charge in [0.15, 0.2) is 0 Å². The van der Waals surface area contributed by atoms with E-state index in [2.05, 4.69) is 42.5 Å². The molecule has 0 N–H and O–H groups in total. The van der Waals surface area contributed by atoms with Crippen molar-refractivity contribution >= 4 is 11.6 Å². The lowest BCUT2D eigenvalue weighted by Gasteiger charge is -2.00. The molecule has 3 heteroatoms. The lowest BCUT2D eigenvalue weighted by Crippen LogP contribution is -1.93. The molecule has 2 nitrogen and oxygen atoms in total. The van der Waals surface area contributed by atoms with Gasteiger partial charge in [-0.2, -0.15) is 5.10 Å². The van der Waals surface area contributed by atoms with Crippen molar-refractivity contribution in [2.45, 2.75) is 19.8 Å². The number of rotatable bonds is 4. The first-order chi connectivity index (χ1) is 7.79. The largest absolute Gasteiger partial charge is 0.241 e. The van der Waals surface area contributed by atoms with Gasteiger partial charge in [0.1, 0.15) is 0 Å². The average Bonchev–Trinajstić information content (AvgIpc) is 2.76. The van der Waals surface area contributed by atoms with Gasteiger partial charge >= 0.3 is 0 Å². The Morgan fingerprint density at radius 1 is 1.25 bits per heavy atom. The molecular formula is C13H15ClN2. The Balaban J connectivity index is 2.15. The second-order valence-electron chi connectivity index (χ2n) is 3.92. The molecule has 1 heterocycles. The molecule has 0 fully saturated rings. The molecule has 1 aromatic carbocycles. The van der Waals surface area contributed by atoms with Crippen LogP contribution in [0.15, 0.2) is 36.7 Å². The molecule has 1 aromatic heterocycles. The van der Waals surface area contributed by atoms with Crippen LogP contribution >= 0.6 is 11.6 Å².